The van der Waals surface area contributed by atoms with E-state index in [2.05, 4.69) is 20.8 Å². The summed E-state index contributed by atoms with van der Waals surface area (Å²) in [4.78, 5) is 37.8. The van der Waals surface area contributed by atoms with E-state index in [1.165, 1.54) is 199 Å². The highest BCUT2D eigenvalue weighted by Gasteiger charge is 2.19. The molecule has 0 amide bonds. The SMILES string of the molecule is CCCCCCCCCCCCCCCCCCCCCC(=O)OCC(COC(=O)CCCCCCCCCCCC)OC(=O)CCCCCCCCCCCCC. The van der Waals surface area contributed by atoms with Gasteiger partial charge in [-0.3, -0.25) is 14.4 Å². The molecule has 0 aromatic heterocycles. The largest absolute Gasteiger partial charge is 0.462 e. The van der Waals surface area contributed by atoms with Crippen LogP contribution in [-0.2, 0) is 28.6 Å². The van der Waals surface area contributed by atoms with Crippen molar-refractivity contribution in [2.75, 3.05) is 13.2 Å². The maximum absolute atomic E-state index is 12.7. The topological polar surface area (TPSA) is 78.9 Å². The Morgan fingerprint density at radius 2 is 0.466 bits per heavy atom. The van der Waals surface area contributed by atoms with Crippen molar-refractivity contribution in [3.8, 4) is 0 Å². The van der Waals surface area contributed by atoms with Crippen LogP contribution in [0.1, 0.15) is 297 Å². The Kier molecular flexibility index (Phi) is 46.8. The van der Waals surface area contributed by atoms with E-state index >= 15 is 0 Å². The van der Waals surface area contributed by atoms with Crippen molar-refractivity contribution >= 4 is 17.9 Å². The first-order valence-corrected chi connectivity index (χ1v) is 26.0. The number of esters is 3. The van der Waals surface area contributed by atoms with Crippen molar-refractivity contribution in [2.45, 2.75) is 303 Å². The summed E-state index contributed by atoms with van der Waals surface area (Å²) in [7, 11) is 0. The smallest absolute Gasteiger partial charge is 0.306 e. The third-order valence-corrected chi connectivity index (χ3v) is 11.9. The molecule has 0 N–H and O–H groups in total. The lowest BCUT2D eigenvalue weighted by Gasteiger charge is -2.18. The Bertz CT molecular complexity index is 859. The molecule has 6 nitrogen and oxygen atoms in total. The fraction of sp³-hybridized carbons (Fsp3) is 0.942. The third-order valence-electron chi connectivity index (χ3n) is 11.9. The number of unbranched alkanes of at least 4 members (excludes halogenated alkanes) is 37. The molecule has 0 rings (SSSR count). The van der Waals surface area contributed by atoms with Crippen LogP contribution in [0.25, 0.3) is 0 Å². The number of rotatable bonds is 48. The lowest BCUT2D eigenvalue weighted by atomic mass is 10.0. The van der Waals surface area contributed by atoms with E-state index in [-0.39, 0.29) is 31.1 Å². The van der Waals surface area contributed by atoms with Gasteiger partial charge in [-0.25, -0.2) is 0 Å². The average molecular weight is 821 g/mol. The van der Waals surface area contributed by atoms with E-state index in [0.717, 1.165) is 57.8 Å². The molecular formula is C52H100O6. The molecule has 0 radical (unpaired) electrons. The predicted octanol–water partition coefficient (Wildman–Crippen LogP) is 16.8. The first-order valence-electron chi connectivity index (χ1n) is 26.0. The number of ether oxygens (including phenoxy) is 3. The first-order chi connectivity index (χ1) is 28.5. The van der Waals surface area contributed by atoms with E-state index in [0.29, 0.717) is 19.3 Å². The zero-order chi connectivity index (χ0) is 42.3. The van der Waals surface area contributed by atoms with Gasteiger partial charge in [0.2, 0.25) is 0 Å². The average Bonchev–Trinajstić information content (AvgIpc) is 3.22. The Morgan fingerprint density at radius 1 is 0.276 bits per heavy atom. The van der Waals surface area contributed by atoms with E-state index in [4.69, 9.17) is 14.2 Å². The summed E-state index contributed by atoms with van der Waals surface area (Å²) in [6.45, 7) is 6.66. The Labute approximate surface area is 361 Å². The minimum atomic E-state index is -0.758. The minimum absolute atomic E-state index is 0.0620. The quantitative estimate of drug-likeness (QED) is 0.0346. The molecule has 1 atom stereocenters. The van der Waals surface area contributed by atoms with Gasteiger partial charge in [-0.15, -0.1) is 0 Å². The second-order valence-corrected chi connectivity index (χ2v) is 17.8. The Hall–Kier alpha value is -1.59. The zero-order valence-electron chi connectivity index (χ0n) is 39.3. The van der Waals surface area contributed by atoms with Crippen LogP contribution in [0.3, 0.4) is 0 Å². The van der Waals surface area contributed by atoms with Gasteiger partial charge in [-0.05, 0) is 19.3 Å². The molecule has 0 saturated carbocycles. The molecular weight excluding hydrogens is 721 g/mol. The van der Waals surface area contributed by atoms with E-state index in [1.54, 1.807) is 0 Å². The molecule has 6 heteroatoms. The molecule has 0 aliphatic rings. The summed E-state index contributed by atoms with van der Waals surface area (Å²) in [5, 5.41) is 0. The van der Waals surface area contributed by atoms with E-state index in [9.17, 15) is 14.4 Å². The molecule has 0 spiro atoms. The minimum Gasteiger partial charge on any atom is -0.462 e. The second-order valence-electron chi connectivity index (χ2n) is 17.8. The summed E-state index contributed by atoms with van der Waals surface area (Å²) in [5.74, 6) is -0.844. The monoisotopic (exact) mass is 821 g/mol. The van der Waals surface area contributed by atoms with Crippen LogP contribution in [0.15, 0.2) is 0 Å². The fourth-order valence-electron chi connectivity index (χ4n) is 7.92. The maximum atomic E-state index is 12.7. The number of hydrogen-bond donors (Lipinski definition) is 0. The molecule has 58 heavy (non-hydrogen) atoms. The van der Waals surface area contributed by atoms with Gasteiger partial charge >= 0.3 is 17.9 Å². The summed E-state index contributed by atoms with van der Waals surface area (Å²) < 4.78 is 16.8. The first kappa shape index (κ1) is 56.4. The van der Waals surface area contributed by atoms with Gasteiger partial charge in [0.25, 0.3) is 0 Å². The van der Waals surface area contributed by atoms with Gasteiger partial charge in [-0.2, -0.15) is 0 Å². The molecule has 344 valence electrons. The molecule has 0 heterocycles. The summed E-state index contributed by atoms with van der Waals surface area (Å²) in [6.07, 6.45) is 50.9. The van der Waals surface area contributed by atoms with Crippen LogP contribution in [0, 0.1) is 0 Å². The van der Waals surface area contributed by atoms with Crippen molar-refractivity contribution in [2.24, 2.45) is 0 Å². The van der Waals surface area contributed by atoms with Gasteiger partial charge in [0.05, 0.1) is 0 Å². The summed E-state index contributed by atoms with van der Waals surface area (Å²) in [6, 6.07) is 0. The van der Waals surface area contributed by atoms with Crippen molar-refractivity contribution < 1.29 is 28.6 Å². The fourth-order valence-corrected chi connectivity index (χ4v) is 7.92. The van der Waals surface area contributed by atoms with Gasteiger partial charge in [-0.1, -0.05) is 258 Å². The second kappa shape index (κ2) is 48.1. The van der Waals surface area contributed by atoms with Crippen LogP contribution < -0.4 is 0 Å². The molecule has 0 bridgehead atoms. The molecule has 0 aliphatic heterocycles. The van der Waals surface area contributed by atoms with E-state index < -0.39 is 6.10 Å². The standard InChI is InChI=1S/C52H100O6/c1-4-7-10-13-16-19-22-23-24-25-26-27-28-29-31-33-36-39-42-45-51(54)57-48-49(47-56-50(53)44-41-38-35-32-21-18-15-12-9-6-3)58-52(55)46-43-40-37-34-30-20-17-14-11-8-5-2/h49H,4-48H2,1-3H3. The third kappa shape index (κ3) is 45.5. The van der Waals surface area contributed by atoms with Crippen molar-refractivity contribution in [3.05, 3.63) is 0 Å². The number of carbonyl (C=O) groups is 3. The summed E-state index contributed by atoms with van der Waals surface area (Å²) >= 11 is 0. The lowest BCUT2D eigenvalue weighted by Crippen LogP contribution is -2.30. The van der Waals surface area contributed by atoms with Crippen LogP contribution in [0.5, 0.6) is 0 Å². The number of carbonyl (C=O) groups excluding carboxylic acids is 3. The van der Waals surface area contributed by atoms with Gasteiger partial charge in [0.1, 0.15) is 13.2 Å². The van der Waals surface area contributed by atoms with Gasteiger partial charge in [0, 0.05) is 19.3 Å². The predicted molar refractivity (Wildman–Crippen MR) is 247 cm³/mol. The highest BCUT2D eigenvalue weighted by molar-refractivity contribution is 5.71. The molecule has 0 aromatic carbocycles. The van der Waals surface area contributed by atoms with Crippen LogP contribution in [0.2, 0.25) is 0 Å². The van der Waals surface area contributed by atoms with Crippen LogP contribution in [-0.4, -0.2) is 37.2 Å². The molecule has 0 aliphatic carbocycles. The van der Waals surface area contributed by atoms with Crippen molar-refractivity contribution in [1.82, 2.24) is 0 Å². The van der Waals surface area contributed by atoms with Crippen LogP contribution in [0.4, 0.5) is 0 Å². The summed E-state index contributed by atoms with van der Waals surface area (Å²) in [5.41, 5.74) is 0. The Balaban J connectivity index is 4.20. The van der Waals surface area contributed by atoms with E-state index in [1.807, 2.05) is 0 Å². The maximum Gasteiger partial charge on any atom is 0.306 e. The zero-order valence-corrected chi connectivity index (χ0v) is 39.3. The van der Waals surface area contributed by atoms with Crippen LogP contribution >= 0.6 is 0 Å². The highest BCUT2D eigenvalue weighted by Crippen LogP contribution is 2.17. The van der Waals surface area contributed by atoms with Gasteiger partial charge in [0.15, 0.2) is 6.10 Å². The lowest BCUT2D eigenvalue weighted by molar-refractivity contribution is -0.167. The molecule has 1 unspecified atom stereocenters. The van der Waals surface area contributed by atoms with Gasteiger partial charge < -0.3 is 14.2 Å². The number of hydrogen-bond acceptors (Lipinski definition) is 6. The Morgan fingerprint density at radius 3 is 0.690 bits per heavy atom. The molecule has 0 aromatic rings. The van der Waals surface area contributed by atoms with Crippen molar-refractivity contribution in [3.63, 3.8) is 0 Å². The normalized spacial score (nSPS) is 11.8. The molecule has 0 fully saturated rings. The highest BCUT2D eigenvalue weighted by atomic mass is 16.6. The van der Waals surface area contributed by atoms with Crippen molar-refractivity contribution in [1.29, 1.82) is 0 Å². The molecule has 0 saturated heterocycles.